The molecule has 3 aliphatic heterocycles. The van der Waals surface area contributed by atoms with E-state index in [2.05, 4.69) is 50.5 Å². The maximum atomic E-state index is 14.8. The number of hydrogen-bond acceptors (Lipinski definition) is 6. The Morgan fingerprint density at radius 2 is 1.92 bits per heavy atom. The minimum absolute atomic E-state index is 0.157. The topological polar surface area (TPSA) is 128 Å². The van der Waals surface area contributed by atoms with Crippen molar-refractivity contribution in [2.45, 2.75) is 63.6 Å². The van der Waals surface area contributed by atoms with Crippen LogP contribution >= 0.6 is 0 Å². The zero-order valence-electron chi connectivity index (χ0n) is 26.6. The fourth-order valence-electron chi connectivity index (χ4n) is 6.83. The number of unbranched alkanes of at least 4 members (excludes halogenated alkanes) is 1. The number of aryl methyl sites for hydroxylation is 1. The number of imide groups is 1. The van der Waals surface area contributed by atoms with Crippen molar-refractivity contribution in [1.82, 2.24) is 25.1 Å². The van der Waals surface area contributed by atoms with Crippen LogP contribution in [0.25, 0.3) is 10.9 Å². The van der Waals surface area contributed by atoms with Crippen LogP contribution in [0.2, 0.25) is 0 Å². The molecule has 7 rings (SSSR count). The van der Waals surface area contributed by atoms with Gasteiger partial charge in [0.1, 0.15) is 17.7 Å². The molecule has 2 saturated heterocycles. The molecule has 4 aromatic rings. The van der Waals surface area contributed by atoms with Crippen LogP contribution in [-0.2, 0) is 22.6 Å². The molecule has 3 N–H and O–H groups in total. The van der Waals surface area contributed by atoms with Crippen LogP contribution < -0.4 is 10.6 Å². The van der Waals surface area contributed by atoms with Gasteiger partial charge in [-0.1, -0.05) is 24.0 Å². The molecule has 0 spiro atoms. The molecule has 2 fully saturated rings. The Labute approximate surface area is 277 Å². The van der Waals surface area contributed by atoms with E-state index in [1.54, 1.807) is 24.4 Å². The van der Waals surface area contributed by atoms with Gasteiger partial charge < -0.3 is 15.2 Å². The largest absolute Gasteiger partial charge is 0.357 e. The summed E-state index contributed by atoms with van der Waals surface area (Å²) in [6, 6.07) is 13.8. The van der Waals surface area contributed by atoms with Gasteiger partial charge in [-0.25, -0.2) is 9.37 Å². The van der Waals surface area contributed by atoms with Crippen molar-refractivity contribution in [2.75, 3.05) is 18.9 Å². The van der Waals surface area contributed by atoms with Crippen LogP contribution in [0.15, 0.2) is 54.7 Å². The van der Waals surface area contributed by atoms with E-state index in [1.165, 1.54) is 23.1 Å². The van der Waals surface area contributed by atoms with E-state index in [0.29, 0.717) is 29.4 Å². The van der Waals surface area contributed by atoms with Crippen LogP contribution in [0, 0.1) is 17.7 Å². The molecule has 244 valence electrons. The fourth-order valence-corrected chi connectivity index (χ4v) is 6.83. The van der Waals surface area contributed by atoms with Gasteiger partial charge in [-0.2, -0.15) is 0 Å². The highest BCUT2D eigenvalue weighted by Crippen LogP contribution is 2.32. The van der Waals surface area contributed by atoms with E-state index >= 15 is 0 Å². The number of anilines is 1. The number of likely N-dealkylation sites (tertiary alicyclic amines) is 1. The Balaban J connectivity index is 0.911. The highest BCUT2D eigenvalue weighted by Gasteiger charge is 2.39. The number of hydrogen-bond donors (Lipinski definition) is 3. The van der Waals surface area contributed by atoms with E-state index in [4.69, 9.17) is 0 Å². The number of rotatable bonds is 7. The smallest absolute Gasteiger partial charge is 0.256 e. The monoisotopic (exact) mass is 646 g/mol. The van der Waals surface area contributed by atoms with E-state index in [-0.39, 0.29) is 42.3 Å². The third-order valence-electron chi connectivity index (χ3n) is 9.46. The number of pyridine rings is 1. The molecule has 2 atom stereocenters. The normalized spacial score (nSPS) is 19.3. The Hall–Kier alpha value is -5.34. The van der Waals surface area contributed by atoms with E-state index in [0.717, 1.165) is 42.3 Å². The molecule has 0 saturated carbocycles. The van der Waals surface area contributed by atoms with Crippen LogP contribution in [0.3, 0.4) is 0 Å². The van der Waals surface area contributed by atoms with Crippen molar-refractivity contribution < 1.29 is 23.6 Å². The van der Waals surface area contributed by atoms with E-state index in [9.17, 15) is 23.6 Å². The number of benzene rings is 2. The van der Waals surface area contributed by atoms with E-state index in [1.807, 2.05) is 18.2 Å². The number of aromatic amines is 1. The number of carbonyl (C=O) groups excluding carboxylic acids is 4. The summed E-state index contributed by atoms with van der Waals surface area (Å²) in [4.78, 5) is 61.3. The van der Waals surface area contributed by atoms with Crippen molar-refractivity contribution >= 4 is 40.3 Å². The summed E-state index contributed by atoms with van der Waals surface area (Å²) >= 11 is 0. The Kier molecular flexibility index (Phi) is 8.50. The molecular formula is C37H35FN6O4. The first-order valence-electron chi connectivity index (χ1n) is 16.3. The minimum atomic E-state index is -0.752. The second-order valence-corrected chi connectivity index (χ2v) is 12.7. The van der Waals surface area contributed by atoms with Gasteiger partial charge >= 0.3 is 0 Å². The molecule has 48 heavy (non-hydrogen) atoms. The number of nitrogens with zero attached hydrogens (tertiary/aromatic N) is 3. The summed E-state index contributed by atoms with van der Waals surface area (Å²) in [5.41, 5.74) is 4.74. The molecule has 5 heterocycles. The number of nitrogens with one attached hydrogen (secondary N) is 3. The average Bonchev–Trinajstić information content (AvgIpc) is 3.77. The molecule has 10 nitrogen and oxygen atoms in total. The zero-order chi connectivity index (χ0) is 33.4. The summed E-state index contributed by atoms with van der Waals surface area (Å²) < 4.78 is 14.8. The van der Waals surface area contributed by atoms with Gasteiger partial charge in [-0.05, 0) is 87.2 Å². The molecule has 0 aliphatic carbocycles. The third kappa shape index (κ3) is 6.31. The van der Waals surface area contributed by atoms with Gasteiger partial charge in [-0.3, -0.25) is 29.4 Å². The first-order chi connectivity index (χ1) is 23.2. The molecule has 2 aromatic heterocycles. The number of piperidine rings is 1. The van der Waals surface area contributed by atoms with Crippen molar-refractivity contribution in [2.24, 2.45) is 0 Å². The number of amides is 4. The number of carbonyl (C=O) groups is 4. The lowest BCUT2D eigenvalue weighted by Crippen LogP contribution is -2.52. The molecule has 0 radical (unpaired) electrons. The van der Waals surface area contributed by atoms with Gasteiger partial charge in [-0.15, -0.1) is 0 Å². The molecule has 3 aliphatic rings. The molecule has 0 bridgehead atoms. The average molecular weight is 647 g/mol. The first-order valence-corrected chi connectivity index (χ1v) is 16.3. The second kappa shape index (κ2) is 13.0. The first kappa shape index (κ1) is 31.3. The molecule has 1 unspecified atom stereocenters. The molecule has 11 heteroatoms. The Morgan fingerprint density at radius 3 is 2.69 bits per heavy atom. The van der Waals surface area contributed by atoms with Gasteiger partial charge in [0, 0.05) is 59.9 Å². The Morgan fingerprint density at radius 1 is 1.08 bits per heavy atom. The van der Waals surface area contributed by atoms with Gasteiger partial charge in [0.05, 0.1) is 11.1 Å². The third-order valence-corrected chi connectivity index (χ3v) is 9.46. The maximum Gasteiger partial charge on any atom is 0.256 e. The summed E-state index contributed by atoms with van der Waals surface area (Å²) in [6.45, 7) is 1.26. The van der Waals surface area contributed by atoms with E-state index < -0.39 is 23.7 Å². The quantitative estimate of drug-likeness (QED) is 0.150. The second-order valence-electron chi connectivity index (χ2n) is 12.7. The predicted molar refractivity (Wildman–Crippen MR) is 177 cm³/mol. The minimum Gasteiger partial charge on any atom is -0.357 e. The van der Waals surface area contributed by atoms with Gasteiger partial charge in [0.2, 0.25) is 11.8 Å². The Bertz CT molecular complexity index is 2010. The van der Waals surface area contributed by atoms with Crippen LogP contribution in [0.1, 0.15) is 87.7 Å². The standard InChI is InChI=1S/C37H35FN6O4/c1-43-15-5-8-31(43)30-17-25-20-39-33(19-29(25)40-30)41-35(46)23-11-9-22(10-12-23)6-3-2-4-7-24-16-26-21-44(37(48)27(26)18-28(24)38)32-13-14-34(45)42-36(32)47/h9-12,16-20,31-32,40H,2-3,5-6,8,13-15,21H2,1H3,(H,39,41,46)(H,42,45,47)/t31-,32?/m1/s1. The number of aromatic nitrogens is 2. The maximum absolute atomic E-state index is 14.8. The van der Waals surface area contributed by atoms with Crippen LogP contribution in [0.4, 0.5) is 10.2 Å². The van der Waals surface area contributed by atoms with Gasteiger partial charge in [0.25, 0.3) is 11.8 Å². The number of halogens is 1. The fraction of sp³-hybridized carbons (Fsp3) is 0.324. The highest BCUT2D eigenvalue weighted by molar-refractivity contribution is 6.06. The van der Waals surface area contributed by atoms with Crippen molar-refractivity contribution in [3.63, 3.8) is 0 Å². The van der Waals surface area contributed by atoms with Crippen LogP contribution in [-0.4, -0.2) is 63.0 Å². The summed E-state index contributed by atoms with van der Waals surface area (Å²) in [7, 11) is 2.14. The zero-order valence-corrected chi connectivity index (χ0v) is 26.6. The lowest BCUT2D eigenvalue weighted by atomic mass is 10.0. The summed E-state index contributed by atoms with van der Waals surface area (Å²) in [5.74, 6) is 4.30. The molecule has 2 aromatic carbocycles. The SMILES string of the molecule is CN1CCC[C@@H]1c1cc2cnc(NC(=O)c3ccc(CCCC#Cc4cc5c(cc4F)C(=O)N(C4CCC(=O)NC4=O)C5)cc3)cc2[nH]1. The van der Waals surface area contributed by atoms with Crippen molar-refractivity contribution in [3.05, 3.63) is 94.1 Å². The number of H-pyrrole nitrogens is 1. The summed E-state index contributed by atoms with van der Waals surface area (Å²) in [6.07, 6.45) is 6.51. The van der Waals surface area contributed by atoms with Crippen molar-refractivity contribution in [3.8, 4) is 11.8 Å². The molecule has 4 amide bonds. The van der Waals surface area contributed by atoms with Crippen LogP contribution in [0.5, 0.6) is 0 Å². The predicted octanol–water partition coefficient (Wildman–Crippen LogP) is 4.86. The van der Waals surface area contributed by atoms with Crippen molar-refractivity contribution in [1.29, 1.82) is 0 Å². The molecular weight excluding hydrogens is 611 g/mol. The lowest BCUT2D eigenvalue weighted by Gasteiger charge is -2.29. The highest BCUT2D eigenvalue weighted by atomic mass is 19.1. The number of fused-ring (bicyclic) bond motifs is 2. The van der Waals surface area contributed by atoms with Gasteiger partial charge in [0.15, 0.2) is 0 Å². The summed E-state index contributed by atoms with van der Waals surface area (Å²) in [5, 5.41) is 6.18. The lowest BCUT2D eigenvalue weighted by molar-refractivity contribution is -0.136.